The van der Waals surface area contributed by atoms with Crippen LogP contribution >= 0.6 is 11.8 Å². The molecule has 3 aromatic carbocycles. The predicted molar refractivity (Wildman–Crippen MR) is 168 cm³/mol. The molecule has 5 rings (SSSR count). The second-order valence-electron chi connectivity index (χ2n) is 10.5. The van der Waals surface area contributed by atoms with Gasteiger partial charge in [0.1, 0.15) is 12.1 Å². The number of anilines is 1. The highest BCUT2D eigenvalue weighted by Crippen LogP contribution is 2.32. The largest absolute Gasteiger partial charge is 0.573 e. The van der Waals surface area contributed by atoms with Gasteiger partial charge in [-0.15, -0.1) is 18.3 Å². The number of nitrogens with one attached hydrogen (secondary N) is 1. The number of alkyl halides is 3. The zero-order valence-corrected chi connectivity index (χ0v) is 25.2. The number of hydrogen-bond acceptors (Lipinski definition) is 5. The van der Waals surface area contributed by atoms with Gasteiger partial charge in [-0.2, -0.15) is 4.99 Å². The van der Waals surface area contributed by atoms with Gasteiger partial charge in [-0.1, -0.05) is 68.1 Å². The number of rotatable bonds is 10. The topological polar surface area (TPSA) is 84.6 Å². The van der Waals surface area contributed by atoms with Crippen LogP contribution < -0.4 is 15.0 Å². The fourth-order valence-electron chi connectivity index (χ4n) is 4.86. The number of hydrogen-bond donors (Lipinski definition) is 1. The molecule has 0 spiro atoms. The average Bonchev–Trinajstić information content (AvgIpc) is 3.67. The number of para-hydroxylation sites is 1. The summed E-state index contributed by atoms with van der Waals surface area (Å²) >= 11 is 1.60. The molecule has 1 aromatic heterocycles. The minimum absolute atomic E-state index is 0.299. The lowest BCUT2D eigenvalue weighted by Crippen LogP contribution is -2.28. The first kappa shape index (κ1) is 31.1. The molecule has 1 N–H and O–H groups in total. The number of halogens is 3. The molecule has 4 aromatic rings. The van der Waals surface area contributed by atoms with Crippen molar-refractivity contribution < 1.29 is 22.7 Å². The van der Waals surface area contributed by atoms with Crippen molar-refractivity contribution in [2.24, 2.45) is 4.99 Å². The smallest absolute Gasteiger partial charge is 0.406 e. The highest BCUT2D eigenvalue weighted by Gasteiger charge is 2.31. The molecule has 1 aliphatic rings. The third kappa shape index (κ3) is 8.19. The summed E-state index contributed by atoms with van der Waals surface area (Å²) in [5.74, 6) is 1.48. The van der Waals surface area contributed by atoms with E-state index in [0.29, 0.717) is 24.0 Å². The number of amides is 2. The van der Waals surface area contributed by atoms with Gasteiger partial charge in [0.25, 0.3) is 0 Å². The van der Waals surface area contributed by atoms with Gasteiger partial charge in [0.15, 0.2) is 11.0 Å². The number of aromatic nitrogens is 3. The molecular weight excluding hydrogens is 589 g/mol. The zero-order valence-electron chi connectivity index (χ0n) is 24.4. The normalized spacial score (nSPS) is 14.4. The summed E-state index contributed by atoms with van der Waals surface area (Å²) < 4.78 is 42.6. The van der Waals surface area contributed by atoms with Gasteiger partial charge in [-0.25, -0.2) is 14.5 Å². The fourth-order valence-corrected chi connectivity index (χ4v) is 5.81. The minimum Gasteiger partial charge on any atom is -0.406 e. The summed E-state index contributed by atoms with van der Waals surface area (Å²) in [6.07, 6.45) is -0.647. The number of urea groups is 1. The number of aliphatic imine (C=N–C) groups is 1. The van der Waals surface area contributed by atoms with Crippen molar-refractivity contribution in [3.8, 4) is 22.8 Å². The average molecular weight is 623 g/mol. The zero-order chi connectivity index (χ0) is 31.1. The lowest BCUT2D eigenvalue weighted by atomic mass is 10.0. The molecule has 1 aliphatic heterocycles. The molecule has 0 bridgehead atoms. The van der Waals surface area contributed by atoms with Gasteiger partial charge < -0.3 is 15.0 Å². The van der Waals surface area contributed by atoms with Crippen LogP contribution in [-0.4, -0.2) is 51.2 Å². The maximum atomic E-state index is 12.6. The first-order valence-electron chi connectivity index (χ1n) is 14.4. The Morgan fingerprint density at radius 1 is 1.05 bits per heavy atom. The number of nitrogens with zero attached hydrogens (tertiary/aromatic N) is 5. The Hall–Kier alpha value is -4.32. The molecule has 0 aliphatic carbocycles. The molecule has 230 valence electrons. The molecule has 0 unspecified atom stereocenters. The second-order valence-corrected chi connectivity index (χ2v) is 11.6. The Labute approximate surface area is 258 Å². The van der Waals surface area contributed by atoms with Crippen molar-refractivity contribution in [2.75, 3.05) is 23.7 Å². The molecule has 0 radical (unpaired) electrons. The van der Waals surface area contributed by atoms with Gasteiger partial charge in [0.05, 0.1) is 5.69 Å². The van der Waals surface area contributed by atoms with Crippen molar-refractivity contribution in [1.29, 1.82) is 0 Å². The lowest BCUT2D eigenvalue weighted by Gasteiger charge is -2.22. The van der Waals surface area contributed by atoms with Crippen LogP contribution in [0, 0.1) is 0 Å². The van der Waals surface area contributed by atoms with Gasteiger partial charge >= 0.3 is 12.4 Å². The Bertz CT molecular complexity index is 1590. The Balaban J connectivity index is 1.07. The highest BCUT2D eigenvalue weighted by atomic mass is 32.2. The van der Waals surface area contributed by atoms with Crippen LogP contribution in [0.15, 0.2) is 84.1 Å². The molecule has 1 saturated heterocycles. The molecular formula is C32H33F3N6O2S. The van der Waals surface area contributed by atoms with Gasteiger partial charge in [-0.05, 0) is 66.6 Å². The first-order chi connectivity index (χ1) is 21.2. The quantitative estimate of drug-likeness (QED) is 0.184. The van der Waals surface area contributed by atoms with Crippen molar-refractivity contribution in [2.45, 2.75) is 45.4 Å². The molecule has 12 heteroatoms. The summed E-state index contributed by atoms with van der Waals surface area (Å²) in [7, 11) is 0. The number of carbonyl (C=O) groups excluding carboxylic acids is 1. The van der Waals surface area contributed by atoms with E-state index in [4.69, 9.17) is 0 Å². The van der Waals surface area contributed by atoms with Crippen LogP contribution in [0.2, 0.25) is 0 Å². The van der Waals surface area contributed by atoms with Crippen molar-refractivity contribution >= 4 is 28.6 Å². The molecule has 8 nitrogen and oxygen atoms in total. The standard InChI is InChI=1S/C32H33F3N6O2S/c1-22(2)27-8-3-4-9-28(27)40-19-20-44-31(40)38-30(42)36-18-6-5-7-23-10-12-24(13-11-23)29-37-21-41(39-29)25-14-16-26(17-15-25)43-32(33,34)35/h3-4,8-17,21-22H,5-7,18-20H2,1-2H3,(H,36,42)/b38-31-. The molecule has 1 fully saturated rings. The molecule has 2 amide bonds. The van der Waals surface area contributed by atoms with Crippen LogP contribution in [0.5, 0.6) is 5.75 Å². The summed E-state index contributed by atoms with van der Waals surface area (Å²) in [5, 5.41) is 8.11. The number of aryl methyl sites for hydroxylation is 1. The van der Waals surface area contributed by atoms with Gasteiger partial charge in [0.2, 0.25) is 0 Å². The van der Waals surface area contributed by atoms with Crippen molar-refractivity contribution in [3.05, 3.63) is 90.3 Å². The van der Waals surface area contributed by atoms with Crippen LogP contribution in [0.1, 0.15) is 43.7 Å². The second kappa shape index (κ2) is 14.0. The third-order valence-electron chi connectivity index (χ3n) is 7.03. The SMILES string of the molecule is CC(C)c1ccccc1N1CCS/C1=N\C(=O)NCCCCc1ccc(-c2ncn(-c3ccc(OC(F)(F)F)cc3)n2)cc1. The maximum Gasteiger partial charge on any atom is 0.573 e. The van der Waals surface area contributed by atoms with Crippen molar-refractivity contribution in [3.63, 3.8) is 0 Å². The molecule has 0 atom stereocenters. The number of carbonyl (C=O) groups is 1. The Morgan fingerprint density at radius 3 is 2.52 bits per heavy atom. The summed E-state index contributed by atoms with van der Waals surface area (Å²) in [6.45, 7) is 5.71. The fraction of sp³-hybridized carbons (Fsp3) is 0.312. The first-order valence-corrected chi connectivity index (χ1v) is 15.4. The van der Waals surface area contributed by atoms with E-state index in [9.17, 15) is 18.0 Å². The number of unbranched alkanes of at least 4 members (excludes halogenated alkanes) is 1. The highest BCUT2D eigenvalue weighted by molar-refractivity contribution is 8.14. The van der Waals surface area contributed by atoms with Gasteiger partial charge in [-0.3, -0.25) is 0 Å². The van der Waals surface area contributed by atoms with Crippen LogP contribution in [-0.2, 0) is 6.42 Å². The van der Waals surface area contributed by atoms with E-state index in [1.165, 1.54) is 40.8 Å². The number of amidine groups is 1. The van der Waals surface area contributed by atoms with Gasteiger partial charge in [0, 0.05) is 30.1 Å². The van der Waals surface area contributed by atoms with E-state index in [1.54, 1.807) is 11.8 Å². The lowest BCUT2D eigenvalue weighted by molar-refractivity contribution is -0.274. The monoisotopic (exact) mass is 622 g/mol. The summed E-state index contributed by atoms with van der Waals surface area (Å²) in [5.41, 5.74) is 4.90. The van der Waals surface area contributed by atoms with E-state index in [1.807, 2.05) is 36.4 Å². The molecule has 2 heterocycles. The molecule has 44 heavy (non-hydrogen) atoms. The van der Waals surface area contributed by atoms with E-state index in [2.05, 4.69) is 56.0 Å². The van der Waals surface area contributed by atoms with Crippen LogP contribution in [0.3, 0.4) is 0 Å². The maximum absolute atomic E-state index is 12.6. The van der Waals surface area contributed by atoms with Crippen LogP contribution in [0.25, 0.3) is 17.1 Å². The minimum atomic E-state index is -4.74. The number of thioether (sulfide) groups is 1. The third-order valence-corrected chi connectivity index (χ3v) is 7.99. The van der Waals surface area contributed by atoms with E-state index in [-0.39, 0.29) is 11.8 Å². The summed E-state index contributed by atoms with van der Waals surface area (Å²) in [4.78, 5) is 23.4. The van der Waals surface area contributed by atoms with E-state index < -0.39 is 6.36 Å². The van der Waals surface area contributed by atoms with E-state index >= 15 is 0 Å². The summed E-state index contributed by atoms with van der Waals surface area (Å²) in [6, 6.07) is 21.3. The Morgan fingerprint density at radius 2 is 1.80 bits per heavy atom. The Kier molecular flexibility index (Phi) is 9.89. The van der Waals surface area contributed by atoms with E-state index in [0.717, 1.165) is 53.5 Å². The van der Waals surface area contributed by atoms with Crippen LogP contribution in [0.4, 0.5) is 23.7 Å². The molecule has 0 saturated carbocycles. The number of ether oxygens (including phenoxy) is 1. The predicted octanol–water partition coefficient (Wildman–Crippen LogP) is 7.60. The van der Waals surface area contributed by atoms with Crippen molar-refractivity contribution in [1.82, 2.24) is 20.1 Å². The number of benzene rings is 3.